The summed E-state index contributed by atoms with van der Waals surface area (Å²) in [5, 5.41) is 18.7. The molecule has 1 rings (SSSR count). The standard InChI is InChI=1S/C21H32O4S.C8H12/c1-20(2,18(22)23)13-7-9-15-26-16-10-8-14-21(3,19(24)25)17-11-5-4-6-12-17;1-3-5-7-8-6-4-2/h4-6,11-12H,7-10,13-16H2,1-3H3,(H,22,23)(H,24,25);3-8H,1-2H3/b;5-3-,6-4-,8-7-. The zero-order valence-corrected chi connectivity index (χ0v) is 22.4. The Labute approximate surface area is 211 Å². The quantitative estimate of drug-likeness (QED) is 0.194. The molecular weight excluding hydrogens is 444 g/mol. The molecule has 190 valence electrons. The summed E-state index contributed by atoms with van der Waals surface area (Å²) in [5.41, 5.74) is -0.598. The minimum atomic E-state index is -0.825. The van der Waals surface area contributed by atoms with Crippen LogP contribution >= 0.6 is 11.8 Å². The molecular formula is C29H44O4S. The molecule has 0 aliphatic rings. The van der Waals surface area contributed by atoms with Crippen molar-refractivity contribution in [3.63, 3.8) is 0 Å². The lowest BCUT2D eigenvalue weighted by Crippen LogP contribution is -2.32. The molecule has 0 aromatic heterocycles. The van der Waals surface area contributed by atoms with E-state index in [1.165, 1.54) is 0 Å². The number of thioether (sulfide) groups is 1. The van der Waals surface area contributed by atoms with Gasteiger partial charge in [-0.3, -0.25) is 9.59 Å². The number of carboxylic acids is 2. The van der Waals surface area contributed by atoms with Crippen LogP contribution in [0.25, 0.3) is 0 Å². The van der Waals surface area contributed by atoms with E-state index in [0.29, 0.717) is 12.8 Å². The molecule has 0 amide bonds. The van der Waals surface area contributed by atoms with Crippen molar-refractivity contribution >= 4 is 23.7 Å². The van der Waals surface area contributed by atoms with Crippen molar-refractivity contribution in [1.82, 2.24) is 0 Å². The third-order valence-corrected chi connectivity index (χ3v) is 6.89. The Hall–Kier alpha value is -2.27. The Morgan fingerprint density at radius 2 is 1.26 bits per heavy atom. The second kappa shape index (κ2) is 18.1. The molecule has 0 bridgehead atoms. The maximum absolute atomic E-state index is 11.7. The minimum Gasteiger partial charge on any atom is -0.481 e. The SMILES string of the molecule is CC(C)(CCCCSCCCCC(C)(C(=O)O)c1ccccc1)C(=O)O.C\C=C/C=C\C=C/C. The fourth-order valence-electron chi connectivity index (χ4n) is 3.19. The van der Waals surface area contributed by atoms with Crippen molar-refractivity contribution in [3.8, 4) is 0 Å². The minimum absolute atomic E-state index is 0.636. The molecule has 1 aromatic rings. The molecule has 2 N–H and O–H groups in total. The van der Waals surface area contributed by atoms with Gasteiger partial charge in [0.15, 0.2) is 0 Å². The molecule has 0 heterocycles. The van der Waals surface area contributed by atoms with Crippen LogP contribution in [0.2, 0.25) is 0 Å². The number of hydrogen-bond acceptors (Lipinski definition) is 3. The highest BCUT2D eigenvalue weighted by Gasteiger charge is 2.34. The Morgan fingerprint density at radius 3 is 1.71 bits per heavy atom. The topological polar surface area (TPSA) is 74.6 Å². The summed E-state index contributed by atoms with van der Waals surface area (Å²) in [6, 6.07) is 9.46. The fourth-order valence-corrected chi connectivity index (χ4v) is 4.21. The van der Waals surface area contributed by atoms with Crippen LogP contribution in [0.5, 0.6) is 0 Å². The molecule has 0 aliphatic carbocycles. The Morgan fingerprint density at radius 1 is 0.765 bits per heavy atom. The summed E-state index contributed by atoms with van der Waals surface area (Å²) in [6.07, 6.45) is 17.2. The highest BCUT2D eigenvalue weighted by molar-refractivity contribution is 7.99. The highest BCUT2D eigenvalue weighted by atomic mass is 32.2. The van der Waals surface area contributed by atoms with Gasteiger partial charge < -0.3 is 10.2 Å². The molecule has 0 saturated heterocycles. The van der Waals surface area contributed by atoms with E-state index in [1.807, 2.05) is 99.3 Å². The van der Waals surface area contributed by atoms with Crippen LogP contribution in [0.15, 0.2) is 66.8 Å². The van der Waals surface area contributed by atoms with E-state index in [4.69, 9.17) is 5.11 Å². The van der Waals surface area contributed by atoms with E-state index < -0.39 is 22.8 Å². The molecule has 1 aromatic carbocycles. The van der Waals surface area contributed by atoms with Crippen molar-refractivity contribution < 1.29 is 19.8 Å². The van der Waals surface area contributed by atoms with Crippen LogP contribution in [-0.2, 0) is 15.0 Å². The molecule has 0 saturated carbocycles. The number of carbonyl (C=O) groups is 2. The third kappa shape index (κ3) is 13.4. The van der Waals surface area contributed by atoms with E-state index >= 15 is 0 Å². The van der Waals surface area contributed by atoms with Gasteiger partial charge in [0.25, 0.3) is 0 Å². The molecule has 5 heteroatoms. The summed E-state index contributed by atoms with van der Waals surface area (Å²) < 4.78 is 0. The summed E-state index contributed by atoms with van der Waals surface area (Å²) in [4.78, 5) is 22.8. The van der Waals surface area contributed by atoms with Crippen molar-refractivity contribution in [3.05, 3.63) is 72.4 Å². The largest absolute Gasteiger partial charge is 0.481 e. The van der Waals surface area contributed by atoms with Gasteiger partial charge in [0.05, 0.1) is 10.8 Å². The zero-order chi connectivity index (χ0) is 25.9. The van der Waals surface area contributed by atoms with Crippen LogP contribution in [0.4, 0.5) is 0 Å². The summed E-state index contributed by atoms with van der Waals surface area (Å²) in [6.45, 7) is 9.35. The number of benzene rings is 1. The average molecular weight is 489 g/mol. The van der Waals surface area contributed by atoms with Gasteiger partial charge >= 0.3 is 11.9 Å². The van der Waals surface area contributed by atoms with E-state index in [-0.39, 0.29) is 0 Å². The van der Waals surface area contributed by atoms with Gasteiger partial charge in [0.1, 0.15) is 0 Å². The maximum atomic E-state index is 11.7. The number of unbranched alkanes of at least 4 members (excludes halogenated alkanes) is 2. The molecule has 0 aliphatic heterocycles. The zero-order valence-electron chi connectivity index (χ0n) is 21.6. The van der Waals surface area contributed by atoms with Crippen LogP contribution in [0, 0.1) is 5.41 Å². The number of rotatable bonds is 15. The lowest BCUT2D eigenvalue weighted by atomic mass is 9.78. The van der Waals surface area contributed by atoms with Gasteiger partial charge in [-0.05, 0) is 77.4 Å². The summed E-state index contributed by atoms with van der Waals surface area (Å²) in [7, 11) is 0. The Balaban J connectivity index is 0.00000116. The number of allylic oxidation sites excluding steroid dienone is 6. The highest BCUT2D eigenvalue weighted by Crippen LogP contribution is 2.30. The fraction of sp³-hybridized carbons (Fsp3) is 0.517. The molecule has 0 fully saturated rings. The first kappa shape index (κ1) is 31.7. The first-order chi connectivity index (χ1) is 16.1. The third-order valence-electron chi connectivity index (χ3n) is 5.74. The van der Waals surface area contributed by atoms with E-state index in [9.17, 15) is 14.7 Å². The lowest BCUT2D eigenvalue weighted by molar-refractivity contribution is -0.147. The molecule has 34 heavy (non-hydrogen) atoms. The molecule has 1 unspecified atom stereocenters. The maximum Gasteiger partial charge on any atom is 0.313 e. The normalized spacial score (nSPS) is 13.7. The van der Waals surface area contributed by atoms with Gasteiger partial charge in [-0.25, -0.2) is 0 Å². The van der Waals surface area contributed by atoms with Crippen LogP contribution < -0.4 is 0 Å². The predicted molar refractivity (Wildman–Crippen MR) is 147 cm³/mol. The van der Waals surface area contributed by atoms with Crippen molar-refractivity contribution in [2.24, 2.45) is 5.41 Å². The second-order valence-corrected chi connectivity index (χ2v) is 10.4. The monoisotopic (exact) mass is 488 g/mol. The van der Waals surface area contributed by atoms with Gasteiger partial charge in [0, 0.05) is 0 Å². The van der Waals surface area contributed by atoms with Gasteiger partial charge in [0.2, 0.25) is 0 Å². The first-order valence-electron chi connectivity index (χ1n) is 12.1. The smallest absolute Gasteiger partial charge is 0.313 e. The molecule has 1 atom stereocenters. The summed E-state index contributed by atoms with van der Waals surface area (Å²) in [5.74, 6) is 0.555. The number of carboxylic acid groups (broad SMARTS) is 2. The second-order valence-electron chi connectivity index (χ2n) is 9.16. The first-order valence-corrected chi connectivity index (χ1v) is 13.3. The van der Waals surface area contributed by atoms with Crippen molar-refractivity contribution in [2.75, 3.05) is 11.5 Å². The molecule has 0 spiro atoms. The van der Waals surface area contributed by atoms with E-state index in [0.717, 1.165) is 42.8 Å². The van der Waals surface area contributed by atoms with Gasteiger partial charge in [-0.2, -0.15) is 11.8 Å². The van der Waals surface area contributed by atoms with E-state index in [2.05, 4.69) is 0 Å². The number of hydrogen-bond donors (Lipinski definition) is 2. The van der Waals surface area contributed by atoms with Crippen LogP contribution in [0.1, 0.15) is 78.7 Å². The summed E-state index contributed by atoms with van der Waals surface area (Å²) >= 11 is 1.87. The van der Waals surface area contributed by atoms with Gasteiger partial charge in [-0.15, -0.1) is 0 Å². The van der Waals surface area contributed by atoms with Crippen LogP contribution in [-0.4, -0.2) is 33.7 Å². The lowest BCUT2D eigenvalue weighted by Gasteiger charge is -2.25. The predicted octanol–water partition coefficient (Wildman–Crippen LogP) is 7.91. The molecule has 4 nitrogen and oxygen atoms in total. The average Bonchev–Trinajstić information content (AvgIpc) is 2.81. The van der Waals surface area contributed by atoms with Crippen molar-refractivity contribution in [2.45, 2.75) is 78.6 Å². The van der Waals surface area contributed by atoms with Crippen molar-refractivity contribution in [1.29, 1.82) is 0 Å². The Kier molecular flexibility index (Phi) is 16.9. The molecule has 0 radical (unpaired) electrons. The Bertz CT molecular complexity index is 767. The van der Waals surface area contributed by atoms with E-state index in [1.54, 1.807) is 13.8 Å². The van der Waals surface area contributed by atoms with Gasteiger partial charge in [-0.1, -0.05) is 79.6 Å². The van der Waals surface area contributed by atoms with Crippen LogP contribution in [0.3, 0.4) is 0 Å². The number of aliphatic carboxylic acids is 2.